The fourth-order valence-electron chi connectivity index (χ4n) is 3.05. The first-order chi connectivity index (χ1) is 14.5. The predicted molar refractivity (Wildman–Crippen MR) is 99.1 cm³/mol. The van der Waals surface area contributed by atoms with Crippen LogP contribution in [-0.2, 0) is 16.1 Å². The van der Waals surface area contributed by atoms with Gasteiger partial charge in [0.25, 0.3) is 6.29 Å². The lowest BCUT2D eigenvalue weighted by Crippen LogP contribution is -2.62. The molecule has 1 aromatic rings. The number of ether oxygens (including phenoxy) is 1. The van der Waals surface area contributed by atoms with Crippen LogP contribution in [0.4, 0.5) is 5.82 Å². The molecule has 158 valence electrons. The number of rotatable bonds is 6. The zero-order valence-electron chi connectivity index (χ0n) is 15.4. The molecule has 12 heteroatoms. The Morgan fingerprint density at radius 2 is 1.87 bits per heavy atom. The van der Waals surface area contributed by atoms with Crippen LogP contribution in [0.15, 0.2) is 43.0 Å². The number of nitrogens with one attached hydrogen (secondary N) is 1. The van der Waals surface area contributed by atoms with Crippen LogP contribution in [0.5, 0.6) is 0 Å². The molecule has 1 unspecified atom stereocenters. The number of hydrogen-bond donors (Lipinski definition) is 5. The molecule has 0 saturated carbocycles. The van der Waals surface area contributed by atoms with Crippen molar-refractivity contribution in [2.24, 2.45) is 0 Å². The third kappa shape index (κ3) is 3.76. The van der Waals surface area contributed by atoms with Crippen LogP contribution in [0.25, 0.3) is 11.5 Å². The van der Waals surface area contributed by atoms with Crippen molar-refractivity contribution in [2.75, 3.05) is 5.32 Å². The highest BCUT2D eigenvalue weighted by molar-refractivity contribution is 5.73. The molecule has 4 rings (SSSR count). The number of carboxylic acids is 1. The van der Waals surface area contributed by atoms with Crippen molar-refractivity contribution >= 4 is 11.8 Å². The zero-order valence-corrected chi connectivity index (χ0v) is 15.4. The molecular formula is C18H19N5O7. The molecule has 30 heavy (non-hydrogen) atoms. The molecule has 1 saturated heterocycles. The van der Waals surface area contributed by atoms with Crippen LogP contribution in [-0.4, -0.2) is 76.8 Å². The number of nitrogens with zero attached hydrogens (tertiary/aromatic N) is 4. The lowest BCUT2D eigenvalue weighted by molar-refractivity contribution is -0.293. The summed E-state index contributed by atoms with van der Waals surface area (Å²) < 4.78 is 6.16. The van der Waals surface area contributed by atoms with Crippen molar-refractivity contribution in [2.45, 2.75) is 37.3 Å². The molecule has 0 aromatic heterocycles. The van der Waals surface area contributed by atoms with Gasteiger partial charge in [0.2, 0.25) is 5.82 Å². The predicted octanol–water partition coefficient (Wildman–Crippen LogP) is -1.29. The van der Waals surface area contributed by atoms with Crippen molar-refractivity contribution in [3.05, 3.63) is 48.5 Å². The molecule has 1 fully saturated rings. The molecule has 3 aliphatic rings. The largest absolute Gasteiger partial charge is 0.479 e. The smallest absolute Gasteiger partial charge is 0.335 e. The fourth-order valence-corrected chi connectivity index (χ4v) is 3.05. The highest BCUT2D eigenvalue weighted by Crippen LogP contribution is 2.26. The maximum absolute atomic E-state index is 11.2. The quantitative estimate of drug-likeness (QED) is 0.323. The molecular weight excluding hydrogens is 398 g/mol. The van der Waals surface area contributed by atoms with E-state index in [1.165, 1.54) is 12.7 Å². The van der Waals surface area contributed by atoms with Crippen LogP contribution in [0.3, 0.4) is 0 Å². The molecule has 1 aromatic carbocycles. The van der Waals surface area contributed by atoms with E-state index in [0.717, 1.165) is 10.3 Å². The number of hydrogen-bond acceptors (Lipinski definition) is 10. The van der Waals surface area contributed by atoms with Crippen LogP contribution >= 0.6 is 0 Å². The van der Waals surface area contributed by atoms with Crippen LogP contribution in [0.1, 0.15) is 5.56 Å². The second-order valence-electron chi connectivity index (χ2n) is 6.64. The maximum Gasteiger partial charge on any atom is 0.335 e. The van der Waals surface area contributed by atoms with E-state index in [9.17, 15) is 20.1 Å². The van der Waals surface area contributed by atoms with Crippen molar-refractivity contribution in [1.29, 1.82) is 0 Å². The number of aliphatic hydroxyl groups is 3. The molecule has 5 N–H and O–H groups in total. The Balaban J connectivity index is 1.53. The van der Waals surface area contributed by atoms with Gasteiger partial charge in [-0.1, -0.05) is 30.3 Å². The fraction of sp³-hybridized carbons (Fsp3) is 0.333. The number of fused-ring (bicyclic) bond motifs is 1. The summed E-state index contributed by atoms with van der Waals surface area (Å²) in [5.41, 5.74) is 1.40. The number of anilines is 1. The highest BCUT2D eigenvalue weighted by atomic mass is 16.8. The Morgan fingerprint density at radius 1 is 1.10 bits per heavy atom. The SMILES string of the molecule is O=C(O)[C@H]1OC(On2cnc(NCc3ccccc3)c3ncnc2-3)[C@H](O)[C@@H](O)[C@@H]1O. The number of carbonyl (C=O) groups is 1. The Labute approximate surface area is 169 Å². The first kappa shape index (κ1) is 20.0. The molecule has 12 nitrogen and oxygen atoms in total. The second-order valence-corrected chi connectivity index (χ2v) is 6.64. The summed E-state index contributed by atoms with van der Waals surface area (Å²) in [6, 6.07) is 9.65. The molecule has 0 aliphatic carbocycles. The topological polar surface area (TPSA) is 172 Å². The van der Waals surface area contributed by atoms with Gasteiger partial charge < -0.3 is 35.3 Å². The number of aliphatic carboxylic acids is 1. The van der Waals surface area contributed by atoms with E-state index in [4.69, 9.17) is 14.7 Å². The number of carboxylic acid groups (broad SMARTS) is 1. The van der Waals surface area contributed by atoms with E-state index in [2.05, 4.69) is 20.3 Å². The molecule has 0 radical (unpaired) electrons. The van der Waals surface area contributed by atoms with Gasteiger partial charge in [0.05, 0.1) is 0 Å². The van der Waals surface area contributed by atoms with E-state index in [0.29, 0.717) is 18.1 Å². The number of benzene rings is 1. The zero-order chi connectivity index (χ0) is 21.3. The van der Waals surface area contributed by atoms with Gasteiger partial charge in [-0.05, 0) is 5.56 Å². The van der Waals surface area contributed by atoms with Crippen LogP contribution < -0.4 is 10.2 Å². The minimum Gasteiger partial charge on any atom is -0.479 e. The van der Waals surface area contributed by atoms with E-state index in [1.807, 2.05) is 30.3 Å². The van der Waals surface area contributed by atoms with E-state index >= 15 is 0 Å². The normalized spacial score (nSPS) is 26.4. The maximum atomic E-state index is 11.2. The van der Waals surface area contributed by atoms with Crippen LogP contribution in [0.2, 0.25) is 0 Å². The van der Waals surface area contributed by atoms with Gasteiger partial charge in [0.15, 0.2) is 17.6 Å². The standard InChI is InChI=1S/C18H19N5O7/c24-11-12(25)14(17(27)28)29-18(13(11)26)30-23-8-22-15(10-16(23)21-7-20-10)19-6-9-4-2-1-3-5-9/h1-5,7-8,11-14,18-19,24-26H,6H2,(H,27,28)/t11-,12-,13+,14-,18?/m0/s1. The molecule has 0 amide bonds. The summed E-state index contributed by atoms with van der Waals surface area (Å²) in [4.78, 5) is 29.2. The lowest BCUT2D eigenvalue weighted by atomic mass is 9.99. The molecule has 3 heterocycles. The highest BCUT2D eigenvalue weighted by Gasteiger charge is 2.48. The summed E-state index contributed by atoms with van der Waals surface area (Å²) in [7, 11) is 0. The Kier molecular flexibility index (Phi) is 5.46. The summed E-state index contributed by atoms with van der Waals surface area (Å²) >= 11 is 0. The van der Waals surface area contributed by atoms with E-state index in [1.54, 1.807) is 0 Å². The summed E-state index contributed by atoms with van der Waals surface area (Å²) in [5, 5.41) is 42.1. The third-order valence-electron chi connectivity index (χ3n) is 4.64. The third-order valence-corrected chi connectivity index (χ3v) is 4.64. The number of imidazole rings is 1. The molecule has 0 bridgehead atoms. The average Bonchev–Trinajstić information content (AvgIpc) is 3.24. The van der Waals surface area contributed by atoms with Gasteiger partial charge in [0.1, 0.15) is 31.0 Å². The molecule has 5 atom stereocenters. The first-order valence-electron chi connectivity index (χ1n) is 9.01. The van der Waals surface area contributed by atoms with Gasteiger partial charge in [0, 0.05) is 6.54 Å². The average molecular weight is 417 g/mol. The molecule has 0 spiro atoms. The number of aliphatic hydroxyl groups excluding tert-OH is 3. The number of aromatic nitrogens is 4. The second kappa shape index (κ2) is 8.20. The minimum atomic E-state index is -1.82. The van der Waals surface area contributed by atoms with Gasteiger partial charge >= 0.3 is 5.97 Å². The van der Waals surface area contributed by atoms with Crippen molar-refractivity contribution in [3.8, 4) is 11.5 Å². The Morgan fingerprint density at radius 3 is 2.60 bits per heavy atom. The van der Waals surface area contributed by atoms with Gasteiger partial charge in [-0.2, -0.15) is 0 Å². The van der Waals surface area contributed by atoms with Gasteiger partial charge in [-0.3, -0.25) is 0 Å². The van der Waals surface area contributed by atoms with E-state index in [-0.39, 0.29) is 5.82 Å². The first-order valence-corrected chi connectivity index (χ1v) is 9.01. The Bertz CT molecular complexity index is 984. The summed E-state index contributed by atoms with van der Waals surface area (Å²) in [6.45, 7) is 0.496. The van der Waals surface area contributed by atoms with Crippen molar-refractivity contribution < 1.29 is 34.8 Å². The van der Waals surface area contributed by atoms with Crippen molar-refractivity contribution in [3.63, 3.8) is 0 Å². The lowest BCUT2D eigenvalue weighted by Gasteiger charge is -2.38. The summed E-state index contributed by atoms with van der Waals surface area (Å²) in [5.74, 6) is -0.845. The Hall–Kier alpha value is -3.32. The minimum absolute atomic E-state index is 0.226. The summed E-state index contributed by atoms with van der Waals surface area (Å²) in [6.07, 6.45) is -6.16. The van der Waals surface area contributed by atoms with Crippen molar-refractivity contribution in [1.82, 2.24) is 19.7 Å². The van der Waals surface area contributed by atoms with Gasteiger partial charge in [-0.25, -0.2) is 19.7 Å². The molecule has 3 aliphatic heterocycles. The van der Waals surface area contributed by atoms with E-state index < -0.39 is 36.7 Å². The van der Waals surface area contributed by atoms with Gasteiger partial charge in [-0.15, -0.1) is 4.73 Å². The monoisotopic (exact) mass is 417 g/mol. The van der Waals surface area contributed by atoms with Crippen LogP contribution in [0, 0.1) is 0 Å².